The molecular weight excluding hydrogens is 282 g/mol. The molecule has 7 heteroatoms. The minimum Gasteiger partial charge on any atom is -0.367 e. The summed E-state index contributed by atoms with van der Waals surface area (Å²) in [5, 5.41) is 3.86. The second kappa shape index (κ2) is 6.60. The molecule has 0 saturated heterocycles. The molecule has 0 spiro atoms. The maximum atomic E-state index is 12.3. The van der Waals surface area contributed by atoms with Gasteiger partial charge in [0.1, 0.15) is 5.60 Å². The number of rotatable bonds is 6. The Labute approximate surface area is 122 Å². The molecule has 0 bridgehead atoms. The van der Waals surface area contributed by atoms with Crippen LogP contribution in [0.15, 0.2) is 4.52 Å². The highest BCUT2D eigenvalue weighted by Gasteiger charge is 2.41. The molecule has 1 heterocycles. The van der Waals surface area contributed by atoms with Crippen LogP contribution in [0.4, 0.5) is 8.78 Å². The Morgan fingerprint density at radius 2 is 2.14 bits per heavy atom. The Morgan fingerprint density at radius 1 is 1.48 bits per heavy atom. The fourth-order valence-electron chi connectivity index (χ4n) is 2.68. The number of nitrogens with zero attached hydrogens (tertiary/aromatic N) is 2. The number of halogens is 2. The summed E-state index contributed by atoms with van der Waals surface area (Å²) in [6, 6.07) is 0. The van der Waals surface area contributed by atoms with Gasteiger partial charge in [0.25, 0.3) is 6.43 Å². The summed E-state index contributed by atoms with van der Waals surface area (Å²) in [5.41, 5.74) is -0.614. The van der Waals surface area contributed by atoms with Crippen molar-refractivity contribution in [1.82, 2.24) is 10.1 Å². The lowest BCUT2D eigenvalue weighted by molar-refractivity contribution is -0.129. The van der Waals surface area contributed by atoms with Crippen LogP contribution in [0.25, 0.3) is 0 Å². The van der Waals surface area contributed by atoms with Crippen molar-refractivity contribution in [2.75, 3.05) is 6.61 Å². The van der Waals surface area contributed by atoms with E-state index in [0.717, 1.165) is 25.7 Å². The molecule has 0 radical (unpaired) electrons. The third kappa shape index (κ3) is 3.64. The number of aromatic nitrogens is 2. The van der Waals surface area contributed by atoms with Gasteiger partial charge in [-0.3, -0.25) is 4.79 Å². The Balaban J connectivity index is 2.14. The average molecular weight is 302 g/mol. The number of ketones is 1. The first-order chi connectivity index (χ1) is 9.97. The lowest BCUT2D eigenvalue weighted by Crippen LogP contribution is -2.35. The molecule has 1 saturated carbocycles. The SMILES string of the molecule is CCOC1(c2noc(CC(=O)C(F)F)n2)CCC(C)CC1. The van der Waals surface area contributed by atoms with E-state index in [4.69, 9.17) is 9.26 Å². The van der Waals surface area contributed by atoms with Crippen molar-refractivity contribution >= 4 is 5.78 Å². The minimum atomic E-state index is -3.02. The summed E-state index contributed by atoms with van der Waals surface area (Å²) in [6.45, 7) is 4.58. The van der Waals surface area contributed by atoms with Gasteiger partial charge in [-0.2, -0.15) is 4.98 Å². The smallest absolute Gasteiger partial charge is 0.296 e. The van der Waals surface area contributed by atoms with Crippen molar-refractivity contribution in [2.45, 2.75) is 58.0 Å². The van der Waals surface area contributed by atoms with E-state index in [2.05, 4.69) is 17.1 Å². The van der Waals surface area contributed by atoms with E-state index < -0.39 is 24.2 Å². The molecule has 5 nitrogen and oxygen atoms in total. The first kappa shape index (κ1) is 16.0. The van der Waals surface area contributed by atoms with E-state index in [1.165, 1.54) is 0 Å². The summed E-state index contributed by atoms with van der Waals surface area (Å²) in [7, 11) is 0. The number of carbonyl (C=O) groups excluding carboxylic acids is 1. The van der Waals surface area contributed by atoms with Crippen molar-refractivity contribution in [3.63, 3.8) is 0 Å². The molecule has 21 heavy (non-hydrogen) atoms. The van der Waals surface area contributed by atoms with Crippen LogP contribution in [-0.4, -0.2) is 29.0 Å². The molecule has 0 amide bonds. The molecule has 0 atom stereocenters. The zero-order valence-corrected chi connectivity index (χ0v) is 12.3. The first-order valence-electron chi connectivity index (χ1n) is 7.24. The fourth-order valence-corrected chi connectivity index (χ4v) is 2.68. The standard InChI is InChI=1S/C14H20F2N2O3/c1-3-20-14(6-4-9(2)5-7-14)13-17-11(21-18-13)8-10(19)12(15)16/h9,12H,3-8H2,1-2H3. The van der Waals surface area contributed by atoms with Crippen molar-refractivity contribution in [3.05, 3.63) is 11.7 Å². The number of hydrogen-bond donors (Lipinski definition) is 0. The number of Topliss-reactive ketones (excluding diaryl/α,β-unsaturated/α-hetero) is 1. The lowest BCUT2D eigenvalue weighted by Gasteiger charge is -2.36. The Morgan fingerprint density at radius 3 is 2.71 bits per heavy atom. The molecule has 1 fully saturated rings. The molecule has 118 valence electrons. The normalized spacial score (nSPS) is 26.2. The van der Waals surface area contributed by atoms with Gasteiger partial charge in [-0.1, -0.05) is 12.1 Å². The van der Waals surface area contributed by atoms with Gasteiger partial charge in [0, 0.05) is 6.61 Å². The highest BCUT2D eigenvalue weighted by atomic mass is 19.3. The molecule has 1 aromatic heterocycles. The maximum absolute atomic E-state index is 12.3. The van der Waals surface area contributed by atoms with Crippen LogP contribution in [-0.2, 0) is 21.6 Å². The summed E-state index contributed by atoms with van der Waals surface area (Å²) in [5.74, 6) is -0.306. The lowest BCUT2D eigenvalue weighted by atomic mass is 9.79. The molecule has 0 unspecified atom stereocenters. The van der Waals surface area contributed by atoms with Gasteiger partial charge >= 0.3 is 0 Å². The van der Waals surface area contributed by atoms with Crippen LogP contribution in [0.1, 0.15) is 51.2 Å². The van der Waals surface area contributed by atoms with E-state index in [1.807, 2.05) is 6.92 Å². The number of alkyl halides is 2. The quantitative estimate of drug-likeness (QED) is 0.808. The fraction of sp³-hybridized carbons (Fsp3) is 0.786. The van der Waals surface area contributed by atoms with Crippen LogP contribution in [0, 0.1) is 5.92 Å². The van der Waals surface area contributed by atoms with Crippen LogP contribution in [0.5, 0.6) is 0 Å². The van der Waals surface area contributed by atoms with Gasteiger partial charge in [0.15, 0.2) is 0 Å². The van der Waals surface area contributed by atoms with Crippen molar-refractivity contribution in [1.29, 1.82) is 0 Å². The monoisotopic (exact) mass is 302 g/mol. The molecule has 2 rings (SSSR count). The Bertz CT molecular complexity index is 482. The van der Waals surface area contributed by atoms with E-state index in [9.17, 15) is 13.6 Å². The largest absolute Gasteiger partial charge is 0.367 e. The molecule has 0 aliphatic heterocycles. The predicted molar refractivity (Wildman–Crippen MR) is 69.9 cm³/mol. The van der Waals surface area contributed by atoms with Crippen LogP contribution >= 0.6 is 0 Å². The summed E-state index contributed by atoms with van der Waals surface area (Å²) in [6.07, 6.45) is -0.0482. The third-order valence-corrected chi connectivity index (χ3v) is 3.95. The Hall–Kier alpha value is -1.37. The van der Waals surface area contributed by atoms with Crippen LogP contribution in [0.2, 0.25) is 0 Å². The number of ether oxygens (including phenoxy) is 1. The van der Waals surface area contributed by atoms with Gasteiger partial charge in [-0.25, -0.2) is 8.78 Å². The zero-order chi connectivity index (χ0) is 15.5. The van der Waals surface area contributed by atoms with E-state index >= 15 is 0 Å². The van der Waals surface area contributed by atoms with Crippen LogP contribution < -0.4 is 0 Å². The zero-order valence-electron chi connectivity index (χ0n) is 12.3. The van der Waals surface area contributed by atoms with Gasteiger partial charge in [-0.05, 0) is 38.5 Å². The predicted octanol–water partition coefficient (Wildman–Crippen LogP) is 2.89. The summed E-state index contributed by atoms with van der Waals surface area (Å²) < 4.78 is 35.3. The molecule has 1 aliphatic rings. The first-order valence-corrected chi connectivity index (χ1v) is 7.24. The maximum Gasteiger partial charge on any atom is 0.296 e. The van der Waals surface area contributed by atoms with E-state index in [0.29, 0.717) is 18.3 Å². The van der Waals surface area contributed by atoms with E-state index in [-0.39, 0.29) is 5.89 Å². The molecule has 1 aliphatic carbocycles. The summed E-state index contributed by atoms with van der Waals surface area (Å²) in [4.78, 5) is 15.2. The van der Waals surface area contributed by atoms with Crippen molar-refractivity contribution < 1.29 is 22.8 Å². The third-order valence-electron chi connectivity index (χ3n) is 3.95. The van der Waals surface area contributed by atoms with Gasteiger partial charge in [-0.15, -0.1) is 0 Å². The van der Waals surface area contributed by atoms with Crippen LogP contribution in [0.3, 0.4) is 0 Å². The summed E-state index contributed by atoms with van der Waals surface area (Å²) >= 11 is 0. The highest BCUT2D eigenvalue weighted by molar-refractivity contribution is 5.82. The molecule has 0 N–H and O–H groups in total. The average Bonchev–Trinajstić information content (AvgIpc) is 2.91. The van der Waals surface area contributed by atoms with Gasteiger partial charge < -0.3 is 9.26 Å². The Kier molecular flexibility index (Phi) is 5.03. The van der Waals surface area contributed by atoms with Crippen molar-refractivity contribution in [3.8, 4) is 0 Å². The minimum absolute atomic E-state index is 0.0759. The second-order valence-electron chi connectivity index (χ2n) is 5.57. The topological polar surface area (TPSA) is 65.2 Å². The molecular formula is C14H20F2N2O3. The second-order valence-corrected chi connectivity index (χ2v) is 5.57. The van der Waals surface area contributed by atoms with E-state index in [1.54, 1.807) is 0 Å². The number of carbonyl (C=O) groups is 1. The van der Waals surface area contributed by atoms with Crippen molar-refractivity contribution in [2.24, 2.45) is 5.92 Å². The van der Waals surface area contributed by atoms with Gasteiger partial charge in [0.2, 0.25) is 17.5 Å². The molecule has 0 aromatic carbocycles. The number of hydrogen-bond acceptors (Lipinski definition) is 5. The highest BCUT2D eigenvalue weighted by Crippen LogP contribution is 2.41. The van der Waals surface area contributed by atoms with Gasteiger partial charge in [0.05, 0.1) is 6.42 Å². The molecule has 1 aromatic rings.